The summed E-state index contributed by atoms with van der Waals surface area (Å²) >= 11 is 0. The second-order valence-electron chi connectivity index (χ2n) is 4.72. The lowest BCUT2D eigenvalue weighted by atomic mass is 10.2. The molecule has 88 valence electrons. The van der Waals surface area contributed by atoms with Crippen LogP contribution in [0.2, 0.25) is 0 Å². The Bertz CT molecular complexity index is 187. The van der Waals surface area contributed by atoms with E-state index in [1.165, 1.54) is 38.8 Å². The third-order valence-corrected chi connectivity index (χ3v) is 2.52. The van der Waals surface area contributed by atoms with Crippen molar-refractivity contribution in [3.63, 3.8) is 0 Å². The van der Waals surface area contributed by atoms with Crippen molar-refractivity contribution in [2.75, 3.05) is 34.2 Å². The Morgan fingerprint density at radius 2 is 2.00 bits per heavy atom. The van der Waals surface area contributed by atoms with Gasteiger partial charge < -0.3 is 9.80 Å². The fourth-order valence-corrected chi connectivity index (χ4v) is 1.89. The van der Waals surface area contributed by atoms with Gasteiger partial charge in [-0.3, -0.25) is 5.32 Å². The fraction of sp³-hybridized carbons (Fsp3) is 0.833. The van der Waals surface area contributed by atoms with E-state index in [-0.39, 0.29) is 0 Å². The van der Waals surface area contributed by atoms with Gasteiger partial charge in [0.15, 0.2) is 0 Å². The molecule has 0 amide bonds. The Morgan fingerprint density at radius 3 is 2.73 bits per heavy atom. The van der Waals surface area contributed by atoms with Gasteiger partial charge in [-0.2, -0.15) is 0 Å². The van der Waals surface area contributed by atoms with E-state index in [9.17, 15) is 0 Å². The van der Waals surface area contributed by atoms with E-state index in [1.54, 1.807) is 0 Å². The summed E-state index contributed by atoms with van der Waals surface area (Å²) in [5, 5.41) is 3.54. The van der Waals surface area contributed by atoms with Crippen molar-refractivity contribution in [1.29, 1.82) is 0 Å². The molecule has 1 atom stereocenters. The van der Waals surface area contributed by atoms with E-state index in [1.807, 2.05) is 26.0 Å². The van der Waals surface area contributed by atoms with E-state index in [0.717, 1.165) is 0 Å². The SMILES string of the molecule is C1=CN2CCCNC2CCC1.CN(C)C. The summed E-state index contributed by atoms with van der Waals surface area (Å²) in [6.45, 7) is 2.45. The molecule has 0 aromatic heterocycles. The molecule has 3 heteroatoms. The van der Waals surface area contributed by atoms with E-state index in [2.05, 4.69) is 22.5 Å². The van der Waals surface area contributed by atoms with E-state index in [4.69, 9.17) is 0 Å². The Kier molecular flexibility index (Phi) is 5.73. The third-order valence-electron chi connectivity index (χ3n) is 2.52. The highest BCUT2D eigenvalue weighted by molar-refractivity contribution is 4.91. The van der Waals surface area contributed by atoms with Crippen molar-refractivity contribution in [2.24, 2.45) is 0 Å². The molecule has 2 aliphatic rings. The minimum absolute atomic E-state index is 0.641. The quantitative estimate of drug-likeness (QED) is 0.655. The van der Waals surface area contributed by atoms with Crippen LogP contribution >= 0.6 is 0 Å². The zero-order chi connectivity index (χ0) is 11.1. The summed E-state index contributed by atoms with van der Waals surface area (Å²) in [5.74, 6) is 0. The van der Waals surface area contributed by atoms with Crippen LogP contribution < -0.4 is 5.32 Å². The highest BCUT2D eigenvalue weighted by Gasteiger charge is 2.19. The molecule has 2 heterocycles. The number of hydrogen-bond donors (Lipinski definition) is 1. The van der Waals surface area contributed by atoms with E-state index in [0.29, 0.717) is 6.17 Å². The maximum atomic E-state index is 3.54. The second kappa shape index (κ2) is 6.85. The molecule has 1 saturated heterocycles. The van der Waals surface area contributed by atoms with Gasteiger partial charge in [0.25, 0.3) is 0 Å². The minimum atomic E-state index is 0.641. The molecule has 3 nitrogen and oxygen atoms in total. The van der Waals surface area contributed by atoms with Gasteiger partial charge >= 0.3 is 0 Å². The van der Waals surface area contributed by atoms with Crippen molar-refractivity contribution in [2.45, 2.75) is 31.8 Å². The van der Waals surface area contributed by atoms with Crippen LogP contribution in [0.1, 0.15) is 25.7 Å². The number of fused-ring (bicyclic) bond motifs is 1. The predicted octanol–water partition coefficient (Wildman–Crippen LogP) is 1.48. The van der Waals surface area contributed by atoms with Crippen LogP contribution in [-0.2, 0) is 0 Å². The van der Waals surface area contributed by atoms with Crippen LogP contribution in [-0.4, -0.2) is 50.2 Å². The van der Waals surface area contributed by atoms with Gasteiger partial charge in [0.1, 0.15) is 0 Å². The first kappa shape index (κ1) is 12.5. The molecule has 2 rings (SSSR count). The van der Waals surface area contributed by atoms with E-state index < -0.39 is 0 Å². The number of allylic oxidation sites excluding steroid dienone is 1. The van der Waals surface area contributed by atoms with Crippen LogP contribution in [0.4, 0.5) is 0 Å². The third kappa shape index (κ3) is 5.19. The molecular weight excluding hydrogens is 186 g/mol. The standard InChI is InChI=1S/C9H16N2.C3H9N/c1-2-5-9-10-6-4-8-11(9)7-3-1;1-4(2)3/h3,7,9-10H,1-2,4-6,8H2;1-3H3. The van der Waals surface area contributed by atoms with Gasteiger partial charge in [-0.1, -0.05) is 6.08 Å². The molecule has 1 unspecified atom stereocenters. The lowest BCUT2D eigenvalue weighted by Gasteiger charge is -2.34. The smallest absolute Gasteiger partial charge is 0.0790 e. The summed E-state index contributed by atoms with van der Waals surface area (Å²) in [4.78, 5) is 4.44. The van der Waals surface area contributed by atoms with Crippen LogP contribution in [0.15, 0.2) is 12.3 Å². The molecular formula is C12H25N3. The average molecular weight is 211 g/mol. The second-order valence-corrected chi connectivity index (χ2v) is 4.72. The maximum absolute atomic E-state index is 3.54. The van der Waals surface area contributed by atoms with Gasteiger partial charge in [-0.15, -0.1) is 0 Å². The number of nitrogens with one attached hydrogen (secondary N) is 1. The first-order valence-electron chi connectivity index (χ1n) is 5.97. The summed E-state index contributed by atoms with van der Waals surface area (Å²) in [5.41, 5.74) is 0. The zero-order valence-electron chi connectivity index (χ0n) is 10.4. The topological polar surface area (TPSA) is 18.5 Å². The van der Waals surface area contributed by atoms with Crippen molar-refractivity contribution in [3.8, 4) is 0 Å². The van der Waals surface area contributed by atoms with Gasteiger partial charge in [0.2, 0.25) is 0 Å². The fourth-order valence-electron chi connectivity index (χ4n) is 1.89. The number of hydrogen-bond acceptors (Lipinski definition) is 3. The monoisotopic (exact) mass is 211 g/mol. The Hall–Kier alpha value is -0.540. The van der Waals surface area contributed by atoms with Gasteiger partial charge in [0.05, 0.1) is 6.17 Å². The molecule has 0 radical (unpaired) electrons. The Balaban J connectivity index is 0.000000245. The first-order valence-corrected chi connectivity index (χ1v) is 5.97. The first-order chi connectivity index (χ1) is 7.20. The largest absolute Gasteiger partial charge is 0.362 e. The molecule has 15 heavy (non-hydrogen) atoms. The van der Waals surface area contributed by atoms with Crippen molar-refractivity contribution >= 4 is 0 Å². The van der Waals surface area contributed by atoms with E-state index >= 15 is 0 Å². The highest BCUT2D eigenvalue weighted by atomic mass is 15.3. The average Bonchev–Trinajstić information content (AvgIpc) is 2.41. The Morgan fingerprint density at radius 1 is 1.27 bits per heavy atom. The molecule has 1 N–H and O–H groups in total. The van der Waals surface area contributed by atoms with Gasteiger partial charge in [-0.25, -0.2) is 0 Å². The summed E-state index contributed by atoms with van der Waals surface area (Å²) in [6.07, 6.45) is 10.4. The summed E-state index contributed by atoms with van der Waals surface area (Å²) in [7, 11) is 6.00. The predicted molar refractivity (Wildman–Crippen MR) is 65.7 cm³/mol. The maximum Gasteiger partial charge on any atom is 0.0790 e. The van der Waals surface area contributed by atoms with Crippen LogP contribution in [0, 0.1) is 0 Å². The molecule has 0 spiro atoms. The molecule has 0 saturated carbocycles. The number of nitrogens with zero attached hydrogens (tertiary/aromatic N) is 2. The molecule has 0 bridgehead atoms. The molecule has 0 aromatic rings. The van der Waals surface area contributed by atoms with Crippen LogP contribution in [0.3, 0.4) is 0 Å². The summed E-state index contributed by atoms with van der Waals surface area (Å²) in [6, 6.07) is 0. The minimum Gasteiger partial charge on any atom is -0.362 e. The molecule has 1 fully saturated rings. The molecule has 2 aliphatic heterocycles. The lowest BCUT2D eigenvalue weighted by Crippen LogP contribution is -2.48. The van der Waals surface area contributed by atoms with Crippen molar-refractivity contribution < 1.29 is 0 Å². The molecule has 0 aromatic carbocycles. The molecule has 0 aliphatic carbocycles. The zero-order valence-corrected chi connectivity index (χ0v) is 10.4. The van der Waals surface area contributed by atoms with Gasteiger partial charge in [0, 0.05) is 6.54 Å². The Labute approximate surface area is 94.1 Å². The number of rotatable bonds is 0. The van der Waals surface area contributed by atoms with Crippen molar-refractivity contribution in [1.82, 2.24) is 15.1 Å². The highest BCUT2D eigenvalue weighted by Crippen LogP contribution is 2.15. The van der Waals surface area contributed by atoms with Gasteiger partial charge in [-0.05, 0) is 59.6 Å². The lowest BCUT2D eigenvalue weighted by molar-refractivity contribution is 0.184. The summed E-state index contributed by atoms with van der Waals surface area (Å²) < 4.78 is 0. The normalized spacial score (nSPS) is 25.3. The van der Waals surface area contributed by atoms with Crippen LogP contribution in [0.25, 0.3) is 0 Å². The van der Waals surface area contributed by atoms with Crippen LogP contribution in [0.5, 0.6) is 0 Å². The van der Waals surface area contributed by atoms with Crippen molar-refractivity contribution in [3.05, 3.63) is 12.3 Å².